The van der Waals surface area contributed by atoms with Gasteiger partial charge in [0, 0.05) is 27.7 Å². The smallest absolute Gasteiger partial charge is 0.302 e. The fourth-order valence-corrected chi connectivity index (χ4v) is 4.72. The van der Waals surface area contributed by atoms with Gasteiger partial charge in [-0.3, -0.25) is 48.7 Å². The number of carbonyl (C=O) groups excluding carboxylic acids is 4. The number of halogens is 1. The minimum absolute atomic E-state index is 0.0280. The highest BCUT2D eigenvalue weighted by Crippen LogP contribution is 2.28. The molecule has 0 aromatic carbocycles. The maximum absolute atomic E-state index is 12.0. The molecular formula is C28H29ClN10O9. The van der Waals surface area contributed by atoms with Gasteiger partial charge in [-0.05, 0) is 12.2 Å². The number of imidazole rings is 2. The van der Waals surface area contributed by atoms with Crippen molar-refractivity contribution in [3.05, 3.63) is 52.5 Å². The van der Waals surface area contributed by atoms with Gasteiger partial charge in [0.2, 0.25) is 23.7 Å². The number of fused-ring (bicyclic) bond motifs is 2. The summed E-state index contributed by atoms with van der Waals surface area (Å²) in [5.41, 5.74) is 0.739. The van der Waals surface area contributed by atoms with Crippen molar-refractivity contribution in [3.63, 3.8) is 0 Å². The van der Waals surface area contributed by atoms with E-state index < -0.39 is 30.1 Å². The van der Waals surface area contributed by atoms with Gasteiger partial charge in [0.05, 0.1) is 12.7 Å². The van der Waals surface area contributed by atoms with E-state index in [0.717, 1.165) is 0 Å². The summed E-state index contributed by atoms with van der Waals surface area (Å²) >= 11 is 6.08. The first kappa shape index (κ1) is 33.8. The van der Waals surface area contributed by atoms with E-state index >= 15 is 0 Å². The van der Waals surface area contributed by atoms with Crippen LogP contribution in [0, 0.1) is 0 Å². The zero-order chi connectivity index (χ0) is 34.5. The molecule has 0 unspecified atom stereocenters. The lowest BCUT2D eigenvalue weighted by atomic mass is 10.4. The van der Waals surface area contributed by atoms with Gasteiger partial charge in [-0.2, -0.15) is 15.0 Å². The first-order chi connectivity index (χ1) is 22.9. The Balaban J connectivity index is 0.000000188. The average Bonchev–Trinajstić information content (AvgIpc) is 3.80. The molecule has 4 atom stereocenters. The molecule has 0 fully saturated rings. The predicted octanol–water partition coefficient (Wildman–Crippen LogP) is 1.55. The van der Waals surface area contributed by atoms with Crippen molar-refractivity contribution in [3.8, 4) is 0 Å². The Morgan fingerprint density at radius 2 is 1.31 bits per heavy atom. The predicted molar refractivity (Wildman–Crippen MR) is 166 cm³/mol. The van der Waals surface area contributed by atoms with Gasteiger partial charge in [0.15, 0.2) is 34.4 Å². The summed E-state index contributed by atoms with van der Waals surface area (Å²) in [5.74, 6) is -1.32. The third-order valence-electron chi connectivity index (χ3n) is 6.45. The van der Waals surface area contributed by atoms with Gasteiger partial charge in [-0.25, -0.2) is 9.97 Å². The van der Waals surface area contributed by atoms with Crippen LogP contribution in [0.25, 0.3) is 22.3 Å². The molecule has 0 spiro atoms. The van der Waals surface area contributed by atoms with Crippen molar-refractivity contribution in [1.29, 1.82) is 0 Å². The maximum atomic E-state index is 12.0. The largest absolute Gasteiger partial charge is 0.463 e. The molecule has 0 aliphatic carbocycles. The van der Waals surface area contributed by atoms with Gasteiger partial charge < -0.3 is 18.9 Å². The number of hydrogen-bond donors (Lipinski definition) is 3. The molecule has 252 valence electrons. The lowest BCUT2D eigenvalue weighted by Gasteiger charge is -2.15. The standard InChI is InChI=1S/C14H14ClN5O4.C14H15N5O5/c1-7(21)17-14-18-12(15)11-13(19-14)20(6-16-11)10-4-3-9(24-10)5-23-8(2)22;1-7(20)16-14-17-12-11(13(22)18-14)15-6-19(12)10-4-3-9(24-10)5-23-8(2)21/h3-4,6,9-10H,5H2,1-2H3,(H,17,18,19,21);3-4,6,9-10H,5H2,1-2H3,(H2,16,17,18,20,22)/t2*9-,10+/m00/s1. The monoisotopic (exact) mass is 684 g/mol. The molecule has 2 amide bonds. The fraction of sp³-hybridized carbons (Fsp3) is 0.357. The number of nitrogens with zero attached hydrogens (tertiary/aromatic N) is 7. The first-order valence-corrected chi connectivity index (χ1v) is 14.6. The van der Waals surface area contributed by atoms with Crippen molar-refractivity contribution in [2.45, 2.75) is 52.4 Å². The Morgan fingerprint density at radius 3 is 1.83 bits per heavy atom. The van der Waals surface area contributed by atoms with Crippen molar-refractivity contribution >= 4 is 69.6 Å². The molecule has 6 heterocycles. The third kappa shape index (κ3) is 8.06. The average molecular weight is 685 g/mol. The van der Waals surface area contributed by atoms with Crippen molar-refractivity contribution in [2.24, 2.45) is 0 Å². The van der Waals surface area contributed by atoms with Crippen molar-refractivity contribution < 1.29 is 38.1 Å². The van der Waals surface area contributed by atoms with E-state index in [1.54, 1.807) is 33.4 Å². The maximum Gasteiger partial charge on any atom is 0.302 e. The number of ether oxygens (including phenoxy) is 4. The molecule has 4 aromatic heterocycles. The molecule has 0 saturated carbocycles. The normalized spacial score (nSPS) is 19.6. The number of aromatic amines is 1. The molecule has 48 heavy (non-hydrogen) atoms. The van der Waals surface area contributed by atoms with Crippen LogP contribution in [0.15, 0.2) is 41.8 Å². The number of esters is 2. The topological polar surface area (TPSA) is 236 Å². The molecule has 0 bridgehead atoms. The van der Waals surface area contributed by atoms with Crippen LogP contribution in [0.2, 0.25) is 5.15 Å². The number of nitrogens with one attached hydrogen (secondary N) is 3. The second-order valence-electron chi connectivity index (χ2n) is 10.3. The van der Waals surface area contributed by atoms with Crippen LogP contribution in [0.5, 0.6) is 0 Å². The Kier molecular flexibility index (Phi) is 10.2. The fourth-order valence-electron chi connectivity index (χ4n) is 4.50. The molecule has 3 N–H and O–H groups in total. The summed E-state index contributed by atoms with van der Waals surface area (Å²) in [7, 11) is 0. The molecule has 20 heteroatoms. The van der Waals surface area contributed by atoms with Crippen LogP contribution in [0.1, 0.15) is 40.2 Å². The molecule has 0 radical (unpaired) electrons. The molecule has 4 aromatic rings. The Labute approximate surface area is 275 Å². The summed E-state index contributed by atoms with van der Waals surface area (Å²) in [6.45, 7) is 5.54. The zero-order valence-corrected chi connectivity index (χ0v) is 26.6. The summed E-state index contributed by atoms with van der Waals surface area (Å²) in [6.07, 6.45) is 8.25. The minimum atomic E-state index is -0.546. The number of amides is 2. The second-order valence-corrected chi connectivity index (χ2v) is 10.6. The third-order valence-corrected chi connectivity index (χ3v) is 6.72. The molecule has 0 saturated heterocycles. The Morgan fingerprint density at radius 1 is 0.792 bits per heavy atom. The second kappa shape index (κ2) is 14.5. The van der Waals surface area contributed by atoms with E-state index in [9.17, 15) is 24.0 Å². The number of anilines is 2. The van der Waals surface area contributed by atoms with Gasteiger partial charge in [0.25, 0.3) is 5.56 Å². The van der Waals surface area contributed by atoms with E-state index in [1.807, 2.05) is 0 Å². The van der Waals surface area contributed by atoms with E-state index in [0.29, 0.717) is 11.2 Å². The van der Waals surface area contributed by atoms with E-state index in [1.165, 1.54) is 40.3 Å². The highest BCUT2D eigenvalue weighted by atomic mass is 35.5. The van der Waals surface area contributed by atoms with Crippen LogP contribution in [-0.4, -0.2) is 88.2 Å². The van der Waals surface area contributed by atoms with Crippen LogP contribution in [0.3, 0.4) is 0 Å². The number of aromatic nitrogens is 8. The van der Waals surface area contributed by atoms with E-state index in [-0.39, 0.29) is 65.3 Å². The summed E-state index contributed by atoms with van der Waals surface area (Å²) in [4.78, 5) is 79.1. The number of hydrogen-bond acceptors (Lipinski definition) is 14. The summed E-state index contributed by atoms with van der Waals surface area (Å²) < 4.78 is 24.5. The van der Waals surface area contributed by atoms with E-state index in [2.05, 4.69) is 40.5 Å². The molecule has 2 aliphatic heterocycles. The molecule has 19 nitrogen and oxygen atoms in total. The van der Waals surface area contributed by atoms with Crippen LogP contribution >= 0.6 is 11.6 Å². The molecule has 2 aliphatic rings. The Bertz CT molecular complexity index is 2000. The van der Waals surface area contributed by atoms with Crippen LogP contribution in [-0.2, 0) is 38.1 Å². The van der Waals surface area contributed by atoms with Crippen molar-refractivity contribution in [1.82, 2.24) is 39.0 Å². The lowest BCUT2D eigenvalue weighted by molar-refractivity contribution is -0.145. The SMILES string of the molecule is CC(=O)Nc1nc(Cl)c2ncn([C@H]3C=C[C@@H](COC(C)=O)O3)c2n1.CC(=O)Nc1nc2c(ncn2[C@H]2C=C[C@@H](COC(C)=O)O2)c(=O)[nH]1. The molecule has 6 rings (SSSR count). The Hall–Kier alpha value is -5.53. The number of H-pyrrole nitrogens is 1. The first-order valence-electron chi connectivity index (χ1n) is 14.2. The highest BCUT2D eigenvalue weighted by Gasteiger charge is 2.26. The summed E-state index contributed by atoms with van der Waals surface area (Å²) in [5, 5.41) is 5.03. The van der Waals surface area contributed by atoms with E-state index in [4.69, 9.17) is 30.5 Å². The zero-order valence-electron chi connectivity index (χ0n) is 25.9. The quantitative estimate of drug-likeness (QED) is 0.136. The van der Waals surface area contributed by atoms with Gasteiger partial charge >= 0.3 is 11.9 Å². The van der Waals surface area contributed by atoms with Gasteiger partial charge in [0.1, 0.15) is 30.9 Å². The van der Waals surface area contributed by atoms with Crippen LogP contribution < -0.4 is 16.2 Å². The highest BCUT2D eigenvalue weighted by molar-refractivity contribution is 6.33. The minimum Gasteiger partial charge on any atom is -0.463 e. The molecular weight excluding hydrogens is 656 g/mol. The summed E-state index contributed by atoms with van der Waals surface area (Å²) in [6, 6.07) is 0. The van der Waals surface area contributed by atoms with Gasteiger partial charge in [-0.1, -0.05) is 23.8 Å². The van der Waals surface area contributed by atoms with Crippen LogP contribution in [0.4, 0.5) is 11.9 Å². The lowest BCUT2D eigenvalue weighted by Crippen LogP contribution is -2.20. The van der Waals surface area contributed by atoms with Crippen molar-refractivity contribution in [2.75, 3.05) is 23.8 Å². The number of rotatable bonds is 8. The van der Waals surface area contributed by atoms with Gasteiger partial charge in [-0.15, -0.1) is 0 Å². The number of carbonyl (C=O) groups is 4.